The van der Waals surface area contributed by atoms with Gasteiger partial charge in [-0.25, -0.2) is 17.6 Å². The third kappa shape index (κ3) is 4.22. The molecule has 0 radical (unpaired) electrons. The van der Waals surface area contributed by atoms with Crippen molar-refractivity contribution in [1.82, 2.24) is 15.3 Å². The largest absolute Gasteiger partial charge is 0.508 e. The van der Waals surface area contributed by atoms with Gasteiger partial charge in [-0.3, -0.25) is 4.98 Å². The van der Waals surface area contributed by atoms with Crippen LogP contribution in [-0.2, 0) is 0 Å². The number of nitrogens with zero attached hydrogens (tertiary/aromatic N) is 3. The van der Waals surface area contributed by atoms with Crippen molar-refractivity contribution in [1.29, 1.82) is 0 Å². The number of phenolic OH excluding ortho intramolecular Hbond substituents is 1. The quantitative estimate of drug-likeness (QED) is 0.241. The Hall–Kier alpha value is -4.10. The van der Waals surface area contributed by atoms with Crippen molar-refractivity contribution < 1.29 is 27.4 Å². The molecule has 2 atom stereocenters. The number of alkyl halides is 2. The van der Waals surface area contributed by atoms with E-state index in [9.17, 15) is 18.3 Å². The minimum atomic E-state index is -2.79. The van der Waals surface area contributed by atoms with Crippen LogP contribution in [0.3, 0.4) is 0 Å². The molecule has 4 heterocycles. The maximum absolute atomic E-state index is 16.7. The van der Waals surface area contributed by atoms with Crippen LogP contribution in [0.5, 0.6) is 11.6 Å². The standard InChI is InChI=1S/C31H26F4N4O2/c1-3-21-24(32)7-4-16-8-19(40)9-22(26(16)21)28-27(33)25-15(2)30(41-20-10-31(34,35)11-20)38-29(23(25)12-36-28)39-13-17-5-6-18(14-39)37-17/h1,4,7-9,12,17-18,20,37,40H,5-6,10-11,13-14H2,2H3. The molecule has 2 aromatic carbocycles. The SMILES string of the molecule is C#Cc1c(F)ccc2cc(O)cc(-c3ncc4c(N5CC6CCC(C5)N6)nc(OC5CC(F)(F)C5)c(C)c4c3F)c12. The van der Waals surface area contributed by atoms with Gasteiger partial charge >= 0.3 is 0 Å². The van der Waals surface area contributed by atoms with Gasteiger partial charge in [0.15, 0.2) is 5.82 Å². The summed E-state index contributed by atoms with van der Waals surface area (Å²) in [6.45, 7) is 2.93. The fraction of sp³-hybridized carbons (Fsp3) is 0.355. The molecule has 2 N–H and O–H groups in total. The zero-order chi connectivity index (χ0) is 28.6. The van der Waals surface area contributed by atoms with Gasteiger partial charge in [0.25, 0.3) is 5.92 Å². The number of hydrogen-bond donors (Lipinski definition) is 2. The Labute approximate surface area is 233 Å². The summed E-state index contributed by atoms with van der Waals surface area (Å²) in [4.78, 5) is 11.3. The Morgan fingerprint density at radius 3 is 2.54 bits per heavy atom. The van der Waals surface area contributed by atoms with E-state index in [-0.39, 0.29) is 51.3 Å². The molecule has 3 aliphatic rings. The van der Waals surface area contributed by atoms with Crippen LogP contribution in [0.25, 0.3) is 32.8 Å². The number of piperazine rings is 1. The molecule has 41 heavy (non-hydrogen) atoms. The lowest BCUT2D eigenvalue weighted by molar-refractivity contribution is -0.135. The van der Waals surface area contributed by atoms with E-state index in [1.54, 1.807) is 6.92 Å². The molecule has 2 aliphatic heterocycles. The average molecular weight is 563 g/mol. The van der Waals surface area contributed by atoms with E-state index in [1.165, 1.54) is 30.5 Å². The number of benzene rings is 2. The Kier molecular flexibility index (Phi) is 5.81. The Bertz CT molecular complexity index is 1770. The number of aromatic nitrogens is 2. The second kappa shape index (κ2) is 9.21. The molecule has 0 amide bonds. The first-order chi connectivity index (χ1) is 19.6. The van der Waals surface area contributed by atoms with Gasteiger partial charge in [0, 0.05) is 71.5 Å². The number of fused-ring (bicyclic) bond motifs is 4. The first-order valence-corrected chi connectivity index (χ1v) is 13.6. The van der Waals surface area contributed by atoms with Crippen molar-refractivity contribution in [2.45, 2.75) is 56.7 Å². The van der Waals surface area contributed by atoms with Gasteiger partial charge in [-0.1, -0.05) is 12.0 Å². The molecule has 210 valence electrons. The molecule has 4 aromatic rings. The highest BCUT2D eigenvalue weighted by Crippen LogP contribution is 2.44. The lowest BCUT2D eigenvalue weighted by Gasteiger charge is -2.36. The van der Waals surface area contributed by atoms with Crippen LogP contribution in [-0.4, -0.2) is 52.3 Å². The van der Waals surface area contributed by atoms with Crippen LogP contribution in [0, 0.1) is 30.9 Å². The highest BCUT2D eigenvalue weighted by atomic mass is 19.3. The summed E-state index contributed by atoms with van der Waals surface area (Å²) in [5, 5.41) is 15.3. The second-order valence-electron chi connectivity index (χ2n) is 11.3. The molecule has 1 saturated carbocycles. The fourth-order valence-electron chi connectivity index (χ4n) is 6.48. The van der Waals surface area contributed by atoms with Gasteiger partial charge in [-0.05, 0) is 43.4 Å². The van der Waals surface area contributed by atoms with Crippen molar-refractivity contribution in [2.24, 2.45) is 0 Å². The second-order valence-corrected chi connectivity index (χ2v) is 11.3. The summed E-state index contributed by atoms with van der Waals surface area (Å²) < 4.78 is 64.6. The molecular weight excluding hydrogens is 536 g/mol. The van der Waals surface area contributed by atoms with E-state index in [0.29, 0.717) is 35.2 Å². The number of nitrogens with one attached hydrogen (secondary N) is 1. The molecule has 2 unspecified atom stereocenters. The summed E-state index contributed by atoms with van der Waals surface area (Å²) >= 11 is 0. The molecule has 1 aliphatic carbocycles. The smallest absolute Gasteiger partial charge is 0.255 e. The van der Waals surface area contributed by atoms with Gasteiger partial charge < -0.3 is 20.1 Å². The number of ether oxygens (including phenoxy) is 1. The predicted octanol–water partition coefficient (Wildman–Crippen LogP) is 5.84. The highest BCUT2D eigenvalue weighted by molar-refractivity contribution is 6.04. The van der Waals surface area contributed by atoms with E-state index in [4.69, 9.17) is 16.1 Å². The third-order valence-corrected chi connectivity index (χ3v) is 8.46. The molecule has 7 rings (SSSR count). The molecule has 2 bridgehead atoms. The zero-order valence-corrected chi connectivity index (χ0v) is 22.1. The molecule has 2 saturated heterocycles. The molecule has 0 spiro atoms. The van der Waals surface area contributed by atoms with Gasteiger partial charge in [0.05, 0.1) is 5.56 Å². The van der Waals surface area contributed by atoms with Crippen LogP contribution in [0.15, 0.2) is 30.5 Å². The number of halogens is 4. The van der Waals surface area contributed by atoms with Gasteiger partial charge in [-0.15, -0.1) is 6.42 Å². The van der Waals surface area contributed by atoms with E-state index in [0.717, 1.165) is 12.8 Å². The van der Waals surface area contributed by atoms with Crippen molar-refractivity contribution in [3.8, 4) is 35.2 Å². The number of aryl methyl sites for hydroxylation is 1. The summed E-state index contributed by atoms with van der Waals surface area (Å²) in [5.41, 5.74) is 0.261. The lowest BCUT2D eigenvalue weighted by Crippen LogP contribution is -2.51. The number of pyridine rings is 2. The fourth-order valence-corrected chi connectivity index (χ4v) is 6.48. The molecule has 3 fully saturated rings. The van der Waals surface area contributed by atoms with Crippen molar-refractivity contribution in [3.63, 3.8) is 0 Å². The first kappa shape index (κ1) is 25.8. The van der Waals surface area contributed by atoms with E-state index < -0.39 is 36.5 Å². The first-order valence-electron chi connectivity index (χ1n) is 13.6. The predicted molar refractivity (Wildman–Crippen MR) is 147 cm³/mol. The van der Waals surface area contributed by atoms with Gasteiger partial charge in [0.2, 0.25) is 5.88 Å². The van der Waals surface area contributed by atoms with E-state index in [1.807, 2.05) is 0 Å². The summed E-state index contributed by atoms with van der Waals surface area (Å²) in [5.74, 6) is -1.44. The van der Waals surface area contributed by atoms with Crippen LogP contribution < -0.4 is 15.0 Å². The van der Waals surface area contributed by atoms with E-state index >= 15 is 4.39 Å². The van der Waals surface area contributed by atoms with Gasteiger partial charge in [0.1, 0.15) is 29.2 Å². The number of hydrogen-bond acceptors (Lipinski definition) is 6. The third-order valence-electron chi connectivity index (χ3n) is 8.46. The average Bonchev–Trinajstić information content (AvgIpc) is 3.26. The van der Waals surface area contributed by atoms with Crippen LogP contribution in [0.4, 0.5) is 23.4 Å². The van der Waals surface area contributed by atoms with Gasteiger partial charge in [-0.2, -0.15) is 4.98 Å². The molecule has 2 aromatic heterocycles. The Morgan fingerprint density at radius 1 is 1.12 bits per heavy atom. The summed E-state index contributed by atoms with van der Waals surface area (Å²) in [6.07, 6.45) is 7.58. The van der Waals surface area contributed by atoms with Crippen LogP contribution in [0.1, 0.15) is 36.8 Å². The van der Waals surface area contributed by atoms with Crippen LogP contribution >= 0.6 is 0 Å². The summed E-state index contributed by atoms with van der Waals surface area (Å²) in [7, 11) is 0. The monoisotopic (exact) mass is 562 g/mol. The van der Waals surface area contributed by atoms with Crippen molar-refractivity contribution >= 4 is 27.4 Å². The van der Waals surface area contributed by atoms with Crippen LogP contribution in [0.2, 0.25) is 0 Å². The molecular formula is C31H26F4N4O2. The molecule has 10 heteroatoms. The summed E-state index contributed by atoms with van der Waals surface area (Å²) in [6, 6.07) is 5.90. The number of anilines is 1. The minimum absolute atomic E-state index is 0.0721. The number of aromatic hydroxyl groups is 1. The zero-order valence-electron chi connectivity index (χ0n) is 22.1. The number of terminal acetylenes is 1. The van der Waals surface area contributed by atoms with Crippen molar-refractivity contribution in [3.05, 3.63) is 53.2 Å². The van der Waals surface area contributed by atoms with Crippen molar-refractivity contribution in [2.75, 3.05) is 18.0 Å². The topological polar surface area (TPSA) is 70.5 Å². The maximum atomic E-state index is 16.7. The minimum Gasteiger partial charge on any atom is -0.508 e. The molecule has 6 nitrogen and oxygen atoms in total. The maximum Gasteiger partial charge on any atom is 0.255 e. The highest BCUT2D eigenvalue weighted by Gasteiger charge is 2.47. The Morgan fingerprint density at radius 2 is 1.85 bits per heavy atom. The normalized spacial score (nSPS) is 21.7. The van der Waals surface area contributed by atoms with E-state index in [2.05, 4.69) is 21.1 Å². The number of rotatable bonds is 4. The lowest BCUT2D eigenvalue weighted by atomic mass is 9.91. The Balaban J connectivity index is 1.45. The number of phenols is 1.